The second-order valence-corrected chi connectivity index (χ2v) is 6.36. The number of aromatic nitrogens is 1. The first-order chi connectivity index (χ1) is 12.1. The lowest BCUT2D eigenvalue weighted by atomic mass is 10.1. The zero-order valence-electron chi connectivity index (χ0n) is 13.6. The van der Waals surface area contributed by atoms with E-state index in [1.165, 1.54) is 11.3 Å². The van der Waals surface area contributed by atoms with Crippen molar-refractivity contribution >= 4 is 28.9 Å². The number of nitrogens with one attached hydrogen (secondary N) is 1. The molecule has 0 aliphatic heterocycles. The number of carbonyl (C=O) groups is 2. The summed E-state index contributed by atoms with van der Waals surface area (Å²) in [5.41, 5.74) is 1.94. The first-order valence-corrected chi connectivity index (χ1v) is 8.55. The maximum atomic E-state index is 12.4. The maximum Gasteiger partial charge on any atom is 0.340 e. The van der Waals surface area contributed by atoms with Gasteiger partial charge in [-0.15, -0.1) is 11.3 Å². The Kier molecular flexibility index (Phi) is 5.20. The van der Waals surface area contributed by atoms with E-state index >= 15 is 0 Å². The highest BCUT2D eigenvalue weighted by atomic mass is 32.1. The van der Waals surface area contributed by atoms with E-state index in [0.717, 1.165) is 5.01 Å². The number of carbonyl (C=O) groups excluding carboxylic acids is 2. The van der Waals surface area contributed by atoms with E-state index in [4.69, 9.17) is 4.74 Å². The number of thiazole rings is 1. The molecule has 0 bridgehead atoms. The normalized spacial score (nSPS) is 10.3. The van der Waals surface area contributed by atoms with E-state index < -0.39 is 5.97 Å². The Balaban J connectivity index is 1.71. The van der Waals surface area contributed by atoms with Crippen LogP contribution in [0, 0.1) is 6.92 Å². The first-order valence-electron chi connectivity index (χ1n) is 7.67. The highest BCUT2D eigenvalue weighted by molar-refractivity contribution is 7.09. The van der Waals surface area contributed by atoms with Crippen LogP contribution in [0.4, 0.5) is 5.69 Å². The standard InChI is InChI=1S/C19H16N2O3S/c1-13-20-15(12-25-13)11-24-19(23)16-9-5-6-10-17(16)21-18(22)14-7-3-2-4-8-14/h2-10,12H,11H2,1H3,(H,21,22). The summed E-state index contributed by atoms with van der Waals surface area (Å²) in [5, 5.41) is 5.53. The lowest BCUT2D eigenvalue weighted by Crippen LogP contribution is -2.15. The Bertz CT molecular complexity index is 890. The zero-order valence-corrected chi connectivity index (χ0v) is 14.4. The highest BCUT2D eigenvalue weighted by Gasteiger charge is 2.15. The molecule has 0 fully saturated rings. The fourth-order valence-electron chi connectivity index (χ4n) is 2.25. The molecule has 5 nitrogen and oxygen atoms in total. The molecular formula is C19H16N2O3S. The quantitative estimate of drug-likeness (QED) is 0.703. The average Bonchev–Trinajstić information content (AvgIpc) is 3.06. The summed E-state index contributed by atoms with van der Waals surface area (Å²) in [5.74, 6) is -0.786. The predicted molar refractivity (Wildman–Crippen MR) is 96.8 cm³/mol. The fraction of sp³-hybridized carbons (Fsp3) is 0.105. The van der Waals surface area contributed by atoms with Crippen molar-refractivity contribution in [3.8, 4) is 0 Å². The van der Waals surface area contributed by atoms with Crippen molar-refractivity contribution in [3.63, 3.8) is 0 Å². The summed E-state index contributed by atoms with van der Waals surface area (Å²) in [4.78, 5) is 28.9. The predicted octanol–water partition coefficient (Wildman–Crippen LogP) is 4.06. The number of benzene rings is 2. The summed E-state index contributed by atoms with van der Waals surface area (Å²) in [7, 11) is 0. The van der Waals surface area contributed by atoms with Gasteiger partial charge in [0.15, 0.2) is 0 Å². The number of nitrogens with zero attached hydrogens (tertiary/aromatic N) is 1. The van der Waals surface area contributed by atoms with Crippen molar-refractivity contribution in [1.82, 2.24) is 4.98 Å². The molecule has 0 aliphatic carbocycles. The van der Waals surface area contributed by atoms with Gasteiger partial charge in [0.1, 0.15) is 6.61 Å². The molecule has 1 N–H and O–H groups in total. The molecule has 25 heavy (non-hydrogen) atoms. The number of para-hydroxylation sites is 1. The first kappa shape index (κ1) is 16.9. The van der Waals surface area contributed by atoms with Gasteiger partial charge in [0.25, 0.3) is 5.91 Å². The van der Waals surface area contributed by atoms with Crippen LogP contribution in [0.25, 0.3) is 0 Å². The smallest absolute Gasteiger partial charge is 0.340 e. The number of aryl methyl sites for hydroxylation is 1. The van der Waals surface area contributed by atoms with Crippen LogP contribution in [0.5, 0.6) is 0 Å². The van der Waals surface area contributed by atoms with Gasteiger partial charge in [-0.25, -0.2) is 9.78 Å². The van der Waals surface area contributed by atoms with E-state index in [1.807, 2.05) is 18.4 Å². The van der Waals surface area contributed by atoms with Crippen LogP contribution in [-0.4, -0.2) is 16.9 Å². The van der Waals surface area contributed by atoms with Gasteiger partial charge in [0, 0.05) is 10.9 Å². The number of rotatable bonds is 5. The molecule has 1 aromatic heterocycles. The molecule has 1 amide bonds. The molecule has 0 radical (unpaired) electrons. The summed E-state index contributed by atoms with van der Waals surface area (Å²) in [6, 6.07) is 15.6. The number of hydrogen-bond acceptors (Lipinski definition) is 5. The van der Waals surface area contributed by atoms with E-state index in [-0.39, 0.29) is 12.5 Å². The van der Waals surface area contributed by atoms with Gasteiger partial charge in [-0.05, 0) is 31.2 Å². The molecular weight excluding hydrogens is 336 g/mol. The van der Waals surface area contributed by atoms with Crippen molar-refractivity contribution in [1.29, 1.82) is 0 Å². The monoisotopic (exact) mass is 352 g/mol. The van der Waals surface area contributed by atoms with Crippen LogP contribution in [0.2, 0.25) is 0 Å². The average molecular weight is 352 g/mol. The van der Waals surface area contributed by atoms with E-state index in [1.54, 1.807) is 48.5 Å². The zero-order chi connectivity index (χ0) is 17.6. The number of hydrogen-bond donors (Lipinski definition) is 1. The van der Waals surface area contributed by atoms with Gasteiger partial charge in [0.2, 0.25) is 0 Å². The van der Waals surface area contributed by atoms with Crippen molar-refractivity contribution in [2.24, 2.45) is 0 Å². The molecule has 0 atom stereocenters. The SMILES string of the molecule is Cc1nc(COC(=O)c2ccccc2NC(=O)c2ccccc2)cs1. The van der Waals surface area contributed by atoms with Gasteiger partial charge in [-0.1, -0.05) is 30.3 Å². The van der Waals surface area contributed by atoms with Crippen LogP contribution >= 0.6 is 11.3 Å². The molecule has 1 heterocycles. The van der Waals surface area contributed by atoms with Gasteiger partial charge in [0.05, 0.1) is 22.0 Å². The molecule has 6 heteroatoms. The Morgan fingerprint density at radius 2 is 1.80 bits per heavy atom. The number of amides is 1. The molecule has 0 aliphatic rings. The van der Waals surface area contributed by atoms with Crippen molar-refractivity contribution in [2.75, 3.05) is 5.32 Å². The van der Waals surface area contributed by atoms with Gasteiger partial charge in [-0.3, -0.25) is 4.79 Å². The Hall–Kier alpha value is -2.99. The fourth-order valence-corrected chi connectivity index (χ4v) is 2.84. The van der Waals surface area contributed by atoms with Crippen LogP contribution in [0.1, 0.15) is 31.4 Å². The Labute approximate surface area is 149 Å². The summed E-state index contributed by atoms with van der Waals surface area (Å²) >= 11 is 1.50. The maximum absolute atomic E-state index is 12.4. The summed E-state index contributed by atoms with van der Waals surface area (Å²) in [6.45, 7) is 1.99. The number of anilines is 1. The third-order valence-electron chi connectivity index (χ3n) is 3.45. The third-order valence-corrected chi connectivity index (χ3v) is 4.27. The minimum absolute atomic E-state index is 0.101. The molecule has 2 aromatic carbocycles. The highest BCUT2D eigenvalue weighted by Crippen LogP contribution is 2.18. The minimum Gasteiger partial charge on any atom is -0.455 e. The largest absolute Gasteiger partial charge is 0.455 e. The van der Waals surface area contributed by atoms with Crippen molar-refractivity contribution < 1.29 is 14.3 Å². The Morgan fingerprint density at radius 3 is 2.52 bits per heavy atom. The van der Waals surface area contributed by atoms with Crippen LogP contribution in [-0.2, 0) is 11.3 Å². The lowest BCUT2D eigenvalue weighted by Gasteiger charge is -2.10. The topological polar surface area (TPSA) is 68.3 Å². The number of esters is 1. The van der Waals surface area contributed by atoms with E-state index in [0.29, 0.717) is 22.5 Å². The van der Waals surface area contributed by atoms with Crippen LogP contribution < -0.4 is 5.32 Å². The molecule has 3 rings (SSSR count). The number of ether oxygens (including phenoxy) is 1. The van der Waals surface area contributed by atoms with Crippen LogP contribution in [0.15, 0.2) is 60.0 Å². The molecule has 0 saturated heterocycles. The summed E-state index contributed by atoms with van der Waals surface area (Å²) in [6.07, 6.45) is 0. The molecule has 126 valence electrons. The van der Waals surface area contributed by atoms with E-state index in [2.05, 4.69) is 10.3 Å². The lowest BCUT2D eigenvalue weighted by molar-refractivity contribution is 0.0469. The molecule has 0 unspecified atom stereocenters. The Morgan fingerprint density at radius 1 is 1.08 bits per heavy atom. The third kappa shape index (κ3) is 4.30. The minimum atomic E-state index is -0.505. The van der Waals surface area contributed by atoms with Gasteiger partial charge < -0.3 is 10.1 Å². The molecule has 0 saturated carbocycles. The van der Waals surface area contributed by atoms with Crippen molar-refractivity contribution in [2.45, 2.75) is 13.5 Å². The summed E-state index contributed by atoms with van der Waals surface area (Å²) < 4.78 is 5.31. The van der Waals surface area contributed by atoms with Gasteiger partial charge >= 0.3 is 5.97 Å². The molecule has 3 aromatic rings. The second-order valence-electron chi connectivity index (χ2n) is 5.30. The van der Waals surface area contributed by atoms with Gasteiger partial charge in [-0.2, -0.15) is 0 Å². The second kappa shape index (κ2) is 7.72. The van der Waals surface area contributed by atoms with Crippen LogP contribution in [0.3, 0.4) is 0 Å². The van der Waals surface area contributed by atoms with Crippen molar-refractivity contribution in [3.05, 3.63) is 81.8 Å². The molecule has 0 spiro atoms. The van der Waals surface area contributed by atoms with E-state index in [9.17, 15) is 9.59 Å².